The molecule has 0 radical (unpaired) electrons. The second-order valence-electron chi connectivity index (χ2n) is 4.57. The molecule has 3 aromatic rings. The molecule has 0 aliphatic heterocycles. The molecule has 22 heavy (non-hydrogen) atoms. The molecular weight excluding hydrogens is 294 g/mol. The van der Waals surface area contributed by atoms with Crippen molar-refractivity contribution in [2.45, 2.75) is 10.9 Å². The number of benzene rings is 2. The van der Waals surface area contributed by atoms with Crippen LogP contribution < -0.4 is 5.73 Å². The summed E-state index contributed by atoms with van der Waals surface area (Å²) in [6.07, 6.45) is 0. The summed E-state index contributed by atoms with van der Waals surface area (Å²) in [6, 6.07) is 19.5. The lowest BCUT2D eigenvalue weighted by molar-refractivity contribution is 0.887. The Morgan fingerprint density at radius 1 is 1.05 bits per heavy atom. The van der Waals surface area contributed by atoms with E-state index in [4.69, 9.17) is 11.0 Å². The van der Waals surface area contributed by atoms with Crippen molar-refractivity contribution >= 4 is 17.7 Å². The summed E-state index contributed by atoms with van der Waals surface area (Å²) >= 11 is 1.50. The molecule has 2 N–H and O–H groups in total. The molecule has 2 aromatic carbocycles. The molecule has 0 aliphatic rings. The molecule has 5 nitrogen and oxygen atoms in total. The Labute approximate surface area is 132 Å². The normalized spacial score (nSPS) is 10.3. The fourth-order valence-electron chi connectivity index (χ4n) is 2.09. The van der Waals surface area contributed by atoms with Crippen LogP contribution >= 0.6 is 11.8 Å². The van der Waals surface area contributed by atoms with E-state index >= 15 is 0 Å². The van der Waals surface area contributed by atoms with Gasteiger partial charge in [-0.3, -0.25) is 4.57 Å². The number of hydrogen-bond acceptors (Lipinski definition) is 5. The Balaban J connectivity index is 1.87. The van der Waals surface area contributed by atoms with Crippen molar-refractivity contribution in [2.75, 3.05) is 5.73 Å². The molecule has 1 heterocycles. The van der Waals surface area contributed by atoms with E-state index in [-0.39, 0.29) is 0 Å². The van der Waals surface area contributed by atoms with Crippen LogP contribution in [0.15, 0.2) is 59.8 Å². The molecule has 0 amide bonds. The highest BCUT2D eigenvalue weighted by Gasteiger charge is 2.12. The van der Waals surface area contributed by atoms with Crippen molar-refractivity contribution < 1.29 is 0 Å². The zero-order valence-electron chi connectivity index (χ0n) is 11.7. The van der Waals surface area contributed by atoms with Gasteiger partial charge < -0.3 is 5.73 Å². The van der Waals surface area contributed by atoms with Crippen LogP contribution in [0.25, 0.3) is 5.69 Å². The van der Waals surface area contributed by atoms with Crippen molar-refractivity contribution in [1.82, 2.24) is 14.8 Å². The maximum atomic E-state index is 9.14. The smallest absolute Gasteiger partial charge is 0.227 e. The molecule has 0 spiro atoms. The lowest BCUT2D eigenvalue weighted by atomic mass is 10.1. The van der Waals surface area contributed by atoms with E-state index in [0.29, 0.717) is 22.4 Å². The number of rotatable bonds is 4. The topological polar surface area (TPSA) is 80.5 Å². The molecule has 0 saturated heterocycles. The van der Waals surface area contributed by atoms with Gasteiger partial charge in [0.05, 0.1) is 17.3 Å². The van der Waals surface area contributed by atoms with Crippen LogP contribution in [0.5, 0.6) is 0 Å². The predicted octanol–water partition coefficient (Wildman–Crippen LogP) is 3.01. The molecule has 3 rings (SSSR count). The zero-order valence-corrected chi connectivity index (χ0v) is 12.5. The maximum Gasteiger partial charge on any atom is 0.227 e. The van der Waals surface area contributed by atoms with Crippen LogP contribution in [-0.2, 0) is 5.75 Å². The summed E-state index contributed by atoms with van der Waals surface area (Å²) in [4.78, 5) is 0. The van der Waals surface area contributed by atoms with Crippen LogP contribution in [0, 0.1) is 11.3 Å². The van der Waals surface area contributed by atoms with Gasteiger partial charge in [-0.25, -0.2) is 0 Å². The van der Waals surface area contributed by atoms with Crippen molar-refractivity contribution in [1.29, 1.82) is 5.26 Å². The summed E-state index contributed by atoms with van der Waals surface area (Å²) < 4.78 is 1.81. The molecule has 0 atom stereocenters. The first-order valence-electron chi connectivity index (χ1n) is 6.66. The third-order valence-electron chi connectivity index (χ3n) is 3.17. The fraction of sp³-hybridized carbons (Fsp3) is 0.0625. The summed E-state index contributed by atoms with van der Waals surface area (Å²) in [6.45, 7) is 0. The van der Waals surface area contributed by atoms with Crippen LogP contribution in [-0.4, -0.2) is 14.8 Å². The number of nitriles is 1. The molecule has 6 heteroatoms. The Bertz CT molecular complexity index is 820. The van der Waals surface area contributed by atoms with Crippen LogP contribution in [0.3, 0.4) is 0 Å². The van der Waals surface area contributed by atoms with Gasteiger partial charge in [0.2, 0.25) is 5.95 Å². The minimum atomic E-state index is 0.349. The third kappa shape index (κ3) is 2.80. The van der Waals surface area contributed by atoms with Gasteiger partial charge in [0, 0.05) is 5.75 Å². The van der Waals surface area contributed by atoms with E-state index in [9.17, 15) is 0 Å². The molecular formula is C16H13N5S. The van der Waals surface area contributed by atoms with E-state index in [1.165, 1.54) is 11.8 Å². The molecule has 0 aliphatic carbocycles. The monoisotopic (exact) mass is 307 g/mol. The van der Waals surface area contributed by atoms with Crippen LogP contribution in [0.2, 0.25) is 0 Å². The summed E-state index contributed by atoms with van der Waals surface area (Å²) in [7, 11) is 0. The highest BCUT2D eigenvalue weighted by Crippen LogP contribution is 2.26. The number of nitrogens with two attached hydrogens (primary N) is 1. The summed E-state index contributed by atoms with van der Waals surface area (Å²) in [5, 5.41) is 17.9. The molecule has 0 bridgehead atoms. The first-order chi connectivity index (χ1) is 10.8. The first-order valence-corrected chi connectivity index (χ1v) is 7.65. The third-order valence-corrected chi connectivity index (χ3v) is 4.15. The molecule has 0 saturated carbocycles. The van der Waals surface area contributed by atoms with E-state index in [1.54, 1.807) is 4.57 Å². The SMILES string of the molecule is N#Cc1ccccc1CSc1nnc(N)n1-c1ccccc1. The molecule has 108 valence electrons. The van der Waals surface area contributed by atoms with Gasteiger partial charge in [-0.15, -0.1) is 10.2 Å². The number of hydrogen-bond donors (Lipinski definition) is 1. The lowest BCUT2D eigenvalue weighted by Crippen LogP contribution is -2.02. The van der Waals surface area contributed by atoms with Gasteiger partial charge in [0.25, 0.3) is 0 Å². The number of nitrogen functional groups attached to an aromatic ring is 1. The minimum Gasteiger partial charge on any atom is -0.368 e. The average molecular weight is 307 g/mol. The Morgan fingerprint density at radius 2 is 1.77 bits per heavy atom. The number of aromatic nitrogens is 3. The van der Waals surface area contributed by atoms with E-state index in [2.05, 4.69) is 16.3 Å². The molecule has 0 fully saturated rings. The highest BCUT2D eigenvalue weighted by atomic mass is 32.2. The summed E-state index contributed by atoms with van der Waals surface area (Å²) in [5.41, 5.74) is 8.48. The Morgan fingerprint density at radius 3 is 2.55 bits per heavy atom. The van der Waals surface area contributed by atoms with Gasteiger partial charge in [-0.05, 0) is 23.8 Å². The van der Waals surface area contributed by atoms with Crippen molar-refractivity contribution in [3.05, 3.63) is 65.7 Å². The van der Waals surface area contributed by atoms with E-state index in [1.807, 2.05) is 54.6 Å². The largest absolute Gasteiger partial charge is 0.368 e. The van der Waals surface area contributed by atoms with Crippen molar-refractivity contribution in [3.63, 3.8) is 0 Å². The molecule has 0 unspecified atom stereocenters. The quantitative estimate of drug-likeness (QED) is 0.749. The standard InChI is InChI=1S/C16H13N5S/c17-10-12-6-4-5-7-13(12)11-22-16-20-19-15(18)21(16)14-8-2-1-3-9-14/h1-9H,11H2,(H2,18,19). The predicted molar refractivity (Wildman–Crippen MR) is 86.5 cm³/mol. The summed E-state index contributed by atoms with van der Waals surface area (Å²) in [5.74, 6) is 0.983. The maximum absolute atomic E-state index is 9.14. The number of anilines is 1. The first kappa shape index (κ1) is 14.2. The van der Waals surface area contributed by atoms with Crippen LogP contribution in [0.4, 0.5) is 5.95 Å². The number of thioether (sulfide) groups is 1. The fourth-order valence-corrected chi connectivity index (χ4v) is 3.06. The number of nitrogens with zero attached hydrogens (tertiary/aromatic N) is 4. The second kappa shape index (κ2) is 6.33. The zero-order chi connectivity index (χ0) is 15.4. The van der Waals surface area contributed by atoms with Gasteiger partial charge in [0.1, 0.15) is 0 Å². The van der Waals surface area contributed by atoms with Crippen LogP contribution in [0.1, 0.15) is 11.1 Å². The van der Waals surface area contributed by atoms with Gasteiger partial charge >= 0.3 is 0 Å². The Kier molecular flexibility index (Phi) is 4.08. The van der Waals surface area contributed by atoms with Gasteiger partial charge in [-0.1, -0.05) is 48.2 Å². The Hall–Kier alpha value is -2.78. The second-order valence-corrected chi connectivity index (χ2v) is 5.51. The number of para-hydroxylation sites is 1. The average Bonchev–Trinajstić information content (AvgIpc) is 2.94. The van der Waals surface area contributed by atoms with Gasteiger partial charge in [0.15, 0.2) is 5.16 Å². The minimum absolute atomic E-state index is 0.349. The van der Waals surface area contributed by atoms with Gasteiger partial charge in [-0.2, -0.15) is 5.26 Å². The van der Waals surface area contributed by atoms with Crippen molar-refractivity contribution in [2.24, 2.45) is 0 Å². The lowest BCUT2D eigenvalue weighted by Gasteiger charge is -2.08. The molecule has 1 aromatic heterocycles. The van der Waals surface area contributed by atoms with E-state index < -0.39 is 0 Å². The van der Waals surface area contributed by atoms with Crippen molar-refractivity contribution in [3.8, 4) is 11.8 Å². The highest BCUT2D eigenvalue weighted by molar-refractivity contribution is 7.98. The van der Waals surface area contributed by atoms with E-state index in [0.717, 1.165) is 11.3 Å².